The lowest BCUT2D eigenvalue weighted by Gasteiger charge is -2.48. The standard InChI is InChI=1S/C27H26F3N5O2S/c28-27(29,30)21-13-18(16-32-22(21)15-31)34-23(36)26(10-2-11-26)35(24(34)38)17-3-5-19(6-4-17)37-20-7-12-33-25(14-20)8-1-9-25/h3-6,13,16,20,33H,1-2,7-12,14H2. The number of nitriles is 1. The van der Waals surface area contributed by atoms with Gasteiger partial charge < -0.3 is 15.0 Å². The van der Waals surface area contributed by atoms with Crippen LogP contribution in [0.2, 0.25) is 0 Å². The van der Waals surface area contributed by atoms with Crippen LogP contribution < -0.4 is 19.9 Å². The molecular formula is C27H26F3N5O2S. The van der Waals surface area contributed by atoms with Gasteiger partial charge in [-0.3, -0.25) is 9.69 Å². The van der Waals surface area contributed by atoms with E-state index in [1.807, 2.05) is 24.3 Å². The van der Waals surface area contributed by atoms with Gasteiger partial charge >= 0.3 is 6.18 Å². The first-order chi connectivity index (χ1) is 18.2. The van der Waals surface area contributed by atoms with E-state index in [1.165, 1.54) is 25.3 Å². The largest absolute Gasteiger partial charge is 0.490 e. The molecule has 2 saturated carbocycles. The molecule has 1 aromatic heterocycles. The number of alkyl halides is 3. The highest BCUT2D eigenvalue weighted by molar-refractivity contribution is 7.81. The average molecular weight is 542 g/mol. The first kappa shape index (κ1) is 25.1. The van der Waals surface area contributed by atoms with Gasteiger partial charge in [0.05, 0.1) is 17.4 Å². The number of hydrogen-bond donors (Lipinski definition) is 1. The molecule has 2 spiro atoms. The molecule has 0 bridgehead atoms. The lowest BCUT2D eigenvalue weighted by molar-refractivity contribution is -0.138. The number of ether oxygens (including phenoxy) is 1. The fourth-order valence-electron chi connectivity index (χ4n) is 6.15. The van der Waals surface area contributed by atoms with E-state index in [-0.39, 0.29) is 28.3 Å². The molecule has 1 amide bonds. The Kier molecular flexibility index (Phi) is 5.88. The zero-order valence-electron chi connectivity index (χ0n) is 20.6. The van der Waals surface area contributed by atoms with Crippen molar-refractivity contribution in [3.8, 4) is 11.8 Å². The Morgan fingerprint density at radius 1 is 1.13 bits per heavy atom. The molecule has 2 aliphatic heterocycles. The van der Waals surface area contributed by atoms with Crippen molar-refractivity contribution < 1.29 is 22.7 Å². The predicted octanol–water partition coefficient (Wildman–Crippen LogP) is 5.09. The molecule has 3 heterocycles. The first-order valence-corrected chi connectivity index (χ1v) is 13.2. The van der Waals surface area contributed by atoms with Crippen LogP contribution in [0.25, 0.3) is 0 Å². The SMILES string of the molecule is N#Cc1ncc(N2C(=O)C3(CCC3)N(c3ccc(OC4CCNC5(CCC5)C4)cc3)C2=S)cc1C(F)(F)F. The van der Waals surface area contributed by atoms with E-state index < -0.39 is 23.0 Å². The second kappa shape index (κ2) is 8.92. The highest BCUT2D eigenvalue weighted by Crippen LogP contribution is 2.48. The number of aromatic nitrogens is 1. The normalized spacial score (nSPS) is 23.8. The van der Waals surface area contributed by atoms with Gasteiger partial charge in [-0.05, 0) is 94.0 Å². The van der Waals surface area contributed by atoms with Gasteiger partial charge in [-0.15, -0.1) is 0 Å². The maximum Gasteiger partial charge on any atom is 0.419 e. The number of halogens is 3. The molecule has 1 atom stereocenters. The van der Waals surface area contributed by atoms with E-state index >= 15 is 0 Å². The van der Waals surface area contributed by atoms with E-state index in [1.54, 1.807) is 4.90 Å². The number of hydrogen-bond acceptors (Lipinski definition) is 6. The zero-order chi connectivity index (χ0) is 26.7. The predicted molar refractivity (Wildman–Crippen MR) is 138 cm³/mol. The minimum Gasteiger partial charge on any atom is -0.490 e. The van der Waals surface area contributed by atoms with Gasteiger partial charge in [-0.1, -0.05) is 0 Å². The van der Waals surface area contributed by atoms with Crippen LogP contribution in [0.3, 0.4) is 0 Å². The fraction of sp³-hybridized carbons (Fsp3) is 0.481. The first-order valence-electron chi connectivity index (χ1n) is 12.8. The number of amides is 1. The summed E-state index contributed by atoms with van der Waals surface area (Å²) in [6.07, 6.45) is 3.84. The van der Waals surface area contributed by atoms with Gasteiger partial charge in [-0.25, -0.2) is 4.98 Å². The smallest absolute Gasteiger partial charge is 0.419 e. The van der Waals surface area contributed by atoms with Gasteiger partial charge in [0.15, 0.2) is 10.8 Å². The molecule has 1 aromatic carbocycles. The van der Waals surface area contributed by atoms with Crippen molar-refractivity contribution in [2.75, 3.05) is 16.3 Å². The summed E-state index contributed by atoms with van der Waals surface area (Å²) in [5.74, 6) is 0.353. The highest BCUT2D eigenvalue weighted by atomic mass is 32.1. The number of nitrogens with one attached hydrogen (secondary N) is 1. The number of benzene rings is 1. The summed E-state index contributed by atoms with van der Waals surface area (Å²) in [6, 6.07) is 9.65. The summed E-state index contributed by atoms with van der Waals surface area (Å²) >= 11 is 5.68. The maximum atomic E-state index is 13.6. The molecule has 2 saturated heterocycles. The Bertz CT molecular complexity index is 1330. The second-order valence-electron chi connectivity index (χ2n) is 10.6. The molecular weight excluding hydrogens is 515 g/mol. The third-order valence-electron chi connectivity index (χ3n) is 8.43. The van der Waals surface area contributed by atoms with Crippen LogP contribution in [0.4, 0.5) is 24.5 Å². The quantitative estimate of drug-likeness (QED) is 0.541. The maximum absolute atomic E-state index is 13.6. The van der Waals surface area contributed by atoms with Crippen molar-refractivity contribution >= 4 is 34.6 Å². The van der Waals surface area contributed by atoms with Crippen molar-refractivity contribution in [2.45, 2.75) is 74.7 Å². The summed E-state index contributed by atoms with van der Waals surface area (Å²) in [5.41, 5.74) is -2.10. The summed E-state index contributed by atoms with van der Waals surface area (Å²) < 4.78 is 47.1. The molecule has 38 heavy (non-hydrogen) atoms. The van der Waals surface area contributed by atoms with Gasteiger partial charge in [0.1, 0.15) is 23.5 Å². The summed E-state index contributed by atoms with van der Waals surface area (Å²) in [6.45, 7) is 0.936. The van der Waals surface area contributed by atoms with Gasteiger partial charge in [-0.2, -0.15) is 18.4 Å². The summed E-state index contributed by atoms with van der Waals surface area (Å²) in [7, 11) is 0. The van der Waals surface area contributed by atoms with Gasteiger partial charge in [0, 0.05) is 17.6 Å². The van der Waals surface area contributed by atoms with Crippen LogP contribution in [-0.2, 0) is 11.0 Å². The highest BCUT2D eigenvalue weighted by Gasteiger charge is 2.59. The topological polar surface area (TPSA) is 81.5 Å². The molecule has 6 rings (SSSR count). The number of pyridine rings is 1. The number of carbonyl (C=O) groups is 1. The summed E-state index contributed by atoms with van der Waals surface area (Å²) in [4.78, 5) is 20.2. The number of rotatable bonds is 4. The van der Waals surface area contributed by atoms with Crippen molar-refractivity contribution in [3.63, 3.8) is 0 Å². The van der Waals surface area contributed by atoms with Crippen molar-refractivity contribution in [3.05, 3.63) is 47.8 Å². The zero-order valence-corrected chi connectivity index (χ0v) is 21.4. The van der Waals surface area contributed by atoms with Crippen LogP contribution in [0.1, 0.15) is 62.6 Å². The molecule has 1 N–H and O–H groups in total. The van der Waals surface area contributed by atoms with Crippen LogP contribution in [0, 0.1) is 11.3 Å². The van der Waals surface area contributed by atoms with E-state index in [0.29, 0.717) is 18.5 Å². The second-order valence-corrected chi connectivity index (χ2v) is 11.0. The lowest BCUT2D eigenvalue weighted by Crippen LogP contribution is -2.57. The lowest BCUT2D eigenvalue weighted by atomic mass is 9.71. The van der Waals surface area contributed by atoms with Crippen molar-refractivity contribution in [1.82, 2.24) is 10.3 Å². The van der Waals surface area contributed by atoms with Gasteiger partial charge in [0.2, 0.25) is 0 Å². The van der Waals surface area contributed by atoms with E-state index in [0.717, 1.165) is 48.7 Å². The van der Waals surface area contributed by atoms with Gasteiger partial charge in [0.25, 0.3) is 5.91 Å². The molecule has 7 nitrogen and oxygen atoms in total. The van der Waals surface area contributed by atoms with Crippen LogP contribution >= 0.6 is 12.2 Å². The number of nitrogens with zero attached hydrogens (tertiary/aromatic N) is 4. The molecule has 2 aromatic rings. The number of carbonyl (C=O) groups excluding carboxylic acids is 1. The number of thiocarbonyl (C=S) groups is 1. The van der Waals surface area contributed by atoms with E-state index in [2.05, 4.69) is 10.3 Å². The Balaban J connectivity index is 1.26. The van der Waals surface area contributed by atoms with E-state index in [4.69, 9.17) is 22.2 Å². The summed E-state index contributed by atoms with van der Waals surface area (Å²) in [5, 5.41) is 12.8. The van der Waals surface area contributed by atoms with Crippen molar-refractivity contribution in [1.29, 1.82) is 5.26 Å². The molecule has 1 unspecified atom stereocenters. The monoisotopic (exact) mass is 541 g/mol. The Morgan fingerprint density at radius 3 is 2.42 bits per heavy atom. The van der Waals surface area contributed by atoms with Crippen molar-refractivity contribution in [2.24, 2.45) is 0 Å². The molecule has 4 fully saturated rings. The number of anilines is 2. The molecule has 0 radical (unpaired) electrons. The molecule has 198 valence electrons. The molecule has 4 aliphatic rings. The Hall–Kier alpha value is -3.23. The number of piperidine rings is 1. The molecule has 11 heteroatoms. The minimum absolute atomic E-state index is 0.0910. The van der Waals surface area contributed by atoms with E-state index in [9.17, 15) is 18.0 Å². The third-order valence-corrected chi connectivity index (χ3v) is 8.79. The fourth-order valence-corrected chi connectivity index (χ4v) is 6.62. The average Bonchev–Trinajstić information content (AvgIpc) is 3.09. The Labute approximate surface area is 223 Å². The third kappa shape index (κ3) is 3.93. The Morgan fingerprint density at radius 2 is 1.84 bits per heavy atom. The van der Waals surface area contributed by atoms with Crippen LogP contribution in [0.5, 0.6) is 5.75 Å². The van der Waals surface area contributed by atoms with Crippen LogP contribution in [-0.4, -0.2) is 39.7 Å². The van der Waals surface area contributed by atoms with Crippen LogP contribution in [0.15, 0.2) is 36.5 Å². The molecule has 2 aliphatic carbocycles. The minimum atomic E-state index is -4.80.